The number of nitrogen functional groups attached to an aromatic ring is 1. The molecule has 1 aromatic carbocycles. The summed E-state index contributed by atoms with van der Waals surface area (Å²) in [6.07, 6.45) is 0. The molecule has 0 saturated carbocycles. The number of rotatable bonds is 0. The summed E-state index contributed by atoms with van der Waals surface area (Å²) in [7, 11) is 0. The third-order valence-corrected chi connectivity index (χ3v) is 1.35. The highest BCUT2D eigenvalue weighted by molar-refractivity contribution is 5.52. The second-order valence-corrected chi connectivity index (χ2v) is 1.99. The van der Waals surface area contributed by atoms with Gasteiger partial charge in [-0.1, -0.05) is 19.9 Å². The van der Waals surface area contributed by atoms with Crippen molar-refractivity contribution in [2.24, 2.45) is 0 Å². The lowest BCUT2D eigenvalue weighted by molar-refractivity contribution is 0.471. The highest BCUT2D eigenvalue weighted by Crippen LogP contribution is 2.20. The molecule has 0 aliphatic heterocycles. The summed E-state index contributed by atoms with van der Waals surface area (Å²) in [6.45, 7) is 5.78. The van der Waals surface area contributed by atoms with E-state index in [2.05, 4.69) is 0 Å². The molecular formula is C9H15NO. The predicted molar refractivity (Wildman–Crippen MR) is 48.6 cm³/mol. The number of benzene rings is 1. The smallest absolute Gasteiger partial charge is 0.120 e. The van der Waals surface area contributed by atoms with Crippen molar-refractivity contribution < 1.29 is 5.11 Å². The maximum absolute atomic E-state index is 9.02. The standard InChI is InChI=1S/C7H9NO.C2H6/c1-5-6(8)3-2-4-7(5)9;1-2/h2-4,9H,8H2,1H3;1-2H3. The Morgan fingerprint density at radius 1 is 1.27 bits per heavy atom. The number of nitrogens with two attached hydrogens (primary N) is 1. The number of phenolic OH excluding ortho intramolecular Hbond substituents is 1. The number of phenols is 1. The van der Waals surface area contributed by atoms with E-state index in [1.807, 2.05) is 13.8 Å². The van der Waals surface area contributed by atoms with E-state index >= 15 is 0 Å². The van der Waals surface area contributed by atoms with Crippen molar-refractivity contribution >= 4 is 5.69 Å². The van der Waals surface area contributed by atoms with Crippen LogP contribution in [0.4, 0.5) is 5.69 Å². The van der Waals surface area contributed by atoms with Gasteiger partial charge in [0, 0.05) is 11.3 Å². The van der Waals surface area contributed by atoms with Crippen LogP contribution in [-0.2, 0) is 0 Å². The van der Waals surface area contributed by atoms with E-state index in [9.17, 15) is 0 Å². The van der Waals surface area contributed by atoms with Crippen LogP contribution in [0, 0.1) is 6.92 Å². The van der Waals surface area contributed by atoms with Gasteiger partial charge in [-0.3, -0.25) is 0 Å². The van der Waals surface area contributed by atoms with E-state index in [-0.39, 0.29) is 5.75 Å². The minimum atomic E-state index is 0.259. The molecule has 0 aliphatic rings. The first-order valence-corrected chi connectivity index (χ1v) is 3.76. The number of anilines is 1. The van der Waals surface area contributed by atoms with Gasteiger partial charge in [0.1, 0.15) is 5.75 Å². The van der Waals surface area contributed by atoms with E-state index in [0.717, 1.165) is 5.56 Å². The summed E-state index contributed by atoms with van der Waals surface area (Å²) >= 11 is 0. The van der Waals surface area contributed by atoms with E-state index in [1.165, 1.54) is 0 Å². The molecule has 3 N–H and O–H groups in total. The fourth-order valence-electron chi connectivity index (χ4n) is 0.641. The lowest BCUT2D eigenvalue weighted by atomic mass is 10.2. The van der Waals surface area contributed by atoms with Gasteiger partial charge < -0.3 is 10.8 Å². The third kappa shape index (κ3) is 2.50. The molecule has 0 spiro atoms. The van der Waals surface area contributed by atoms with Crippen molar-refractivity contribution in [3.63, 3.8) is 0 Å². The van der Waals surface area contributed by atoms with Crippen LogP contribution in [0.2, 0.25) is 0 Å². The van der Waals surface area contributed by atoms with Gasteiger partial charge >= 0.3 is 0 Å². The number of aromatic hydroxyl groups is 1. The summed E-state index contributed by atoms with van der Waals surface area (Å²) in [5.41, 5.74) is 6.84. The Morgan fingerprint density at radius 2 is 1.82 bits per heavy atom. The first-order valence-electron chi connectivity index (χ1n) is 3.76. The van der Waals surface area contributed by atoms with Crippen LogP contribution in [0.15, 0.2) is 18.2 Å². The molecule has 2 heteroatoms. The van der Waals surface area contributed by atoms with Crippen LogP contribution >= 0.6 is 0 Å². The Hall–Kier alpha value is -1.18. The van der Waals surface area contributed by atoms with Crippen LogP contribution in [-0.4, -0.2) is 5.11 Å². The van der Waals surface area contributed by atoms with E-state index < -0.39 is 0 Å². The van der Waals surface area contributed by atoms with Crippen LogP contribution < -0.4 is 5.73 Å². The molecule has 0 amide bonds. The summed E-state index contributed by atoms with van der Waals surface area (Å²) in [4.78, 5) is 0. The monoisotopic (exact) mass is 153 g/mol. The zero-order valence-electron chi connectivity index (χ0n) is 7.26. The summed E-state index contributed by atoms with van der Waals surface area (Å²) in [6, 6.07) is 5.10. The van der Waals surface area contributed by atoms with Gasteiger partial charge in [-0.2, -0.15) is 0 Å². The molecule has 0 heterocycles. The molecule has 0 unspecified atom stereocenters. The molecule has 1 rings (SSSR count). The van der Waals surface area contributed by atoms with Gasteiger partial charge in [0.05, 0.1) is 0 Å². The summed E-state index contributed by atoms with van der Waals surface area (Å²) in [5.74, 6) is 0.259. The molecule has 0 aromatic heterocycles. The number of hydrogen-bond acceptors (Lipinski definition) is 2. The van der Waals surface area contributed by atoms with Crippen molar-refractivity contribution in [2.75, 3.05) is 5.73 Å². The SMILES string of the molecule is CC.Cc1c(N)cccc1O. The Balaban J connectivity index is 0.000000461. The van der Waals surface area contributed by atoms with Gasteiger partial charge in [0.2, 0.25) is 0 Å². The summed E-state index contributed by atoms with van der Waals surface area (Å²) < 4.78 is 0. The van der Waals surface area contributed by atoms with E-state index in [1.54, 1.807) is 25.1 Å². The van der Waals surface area contributed by atoms with Gasteiger partial charge in [0.15, 0.2) is 0 Å². The van der Waals surface area contributed by atoms with Crippen molar-refractivity contribution in [3.8, 4) is 5.75 Å². The number of hydrogen-bond donors (Lipinski definition) is 2. The van der Waals surface area contributed by atoms with E-state index in [0.29, 0.717) is 5.69 Å². The second-order valence-electron chi connectivity index (χ2n) is 1.99. The maximum atomic E-state index is 9.02. The highest BCUT2D eigenvalue weighted by atomic mass is 16.3. The van der Waals surface area contributed by atoms with Crippen LogP contribution in [0.25, 0.3) is 0 Å². The zero-order chi connectivity index (χ0) is 8.85. The molecule has 11 heavy (non-hydrogen) atoms. The third-order valence-electron chi connectivity index (χ3n) is 1.35. The normalized spacial score (nSPS) is 8.27. The van der Waals surface area contributed by atoms with Gasteiger partial charge in [-0.25, -0.2) is 0 Å². The lowest BCUT2D eigenvalue weighted by Crippen LogP contribution is -1.87. The Morgan fingerprint density at radius 3 is 2.18 bits per heavy atom. The molecule has 0 bridgehead atoms. The molecule has 0 atom stereocenters. The zero-order valence-corrected chi connectivity index (χ0v) is 7.26. The molecule has 0 fully saturated rings. The van der Waals surface area contributed by atoms with E-state index in [4.69, 9.17) is 10.8 Å². The molecule has 2 nitrogen and oxygen atoms in total. The van der Waals surface area contributed by atoms with Crippen LogP contribution in [0.5, 0.6) is 5.75 Å². The minimum absolute atomic E-state index is 0.259. The molecule has 0 saturated heterocycles. The predicted octanol–water partition coefficient (Wildman–Crippen LogP) is 2.31. The lowest BCUT2D eigenvalue weighted by Gasteiger charge is -1.99. The maximum Gasteiger partial charge on any atom is 0.120 e. The average Bonchev–Trinajstić information content (AvgIpc) is 2.04. The molecule has 62 valence electrons. The molecule has 0 aliphatic carbocycles. The average molecular weight is 153 g/mol. The Kier molecular flexibility index (Phi) is 4.11. The Bertz CT molecular complexity index is 201. The first-order chi connectivity index (χ1) is 5.22. The molecule has 1 aromatic rings. The van der Waals surface area contributed by atoms with Crippen molar-refractivity contribution in [2.45, 2.75) is 20.8 Å². The van der Waals surface area contributed by atoms with Gasteiger partial charge in [-0.15, -0.1) is 0 Å². The van der Waals surface area contributed by atoms with Crippen molar-refractivity contribution in [3.05, 3.63) is 23.8 Å². The van der Waals surface area contributed by atoms with Gasteiger partial charge in [0.25, 0.3) is 0 Å². The highest BCUT2D eigenvalue weighted by Gasteiger charge is 1.95. The second kappa shape index (κ2) is 4.61. The van der Waals surface area contributed by atoms with Crippen molar-refractivity contribution in [1.29, 1.82) is 0 Å². The minimum Gasteiger partial charge on any atom is -0.508 e. The van der Waals surface area contributed by atoms with Crippen LogP contribution in [0.3, 0.4) is 0 Å². The first kappa shape index (κ1) is 9.82. The van der Waals surface area contributed by atoms with Crippen molar-refractivity contribution in [1.82, 2.24) is 0 Å². The van der Waals surface area contributed by atoms with Gasteiger partial charge in [-0.05, 0) is 19.1 Å². The topological polar surface area (TPSA) is 46.2 Å². The summed E-state index contributed by atoms with van der Waals surface area (Å²) in [5, 5.41) is 9.02. The fourth-order valence-corrected chi connectivity index (χ4v) is 0.641. The fraction of sp³-hybridized carbons (Fsp3) is 0.333. The molecular weight excluding hydrogens is 138 g/mol. The molecule has 0 radical (unpaired) electrons. The quantitative estimate of drug-likeness (QED) is 0.562. The largest absolute Gasteiger partial charge is 0.508 e. The Labute approximate surface area is 67.7 Å². The van der Waals surface area contributed by atoms with Crippen LogP contribution in [0.1, 0.15) is 19.4 Å².